The fourth-order valence-corrected chi connectivity index (χ4v) is 6.43. The van der Waals surface area contributed by atoms with Gasteiger partial charge in [0.25, 0.3) is 11.8 Å². The second kappa shape index (κ2) is 20.0. The maximum atomic E-state index is 12.0. The fourth-order valence-electron chi connectivity index (χ4n) is 3.44. The van der Waals surface area contributed by atoms with Crippen LogP contribution in [0.1, 0.15) is 43.0 Å². The quantitative estimate of drug-likeness (QED) is 0.119. The molecule has 0 spiro atoms. The molecule has 0 saturated heterocycles. The summed E-state index contributed by atoms with van der Waals surface area (Å²) in [5.74, 6) is -0.741. The van der Waals surface area contributed by atoms with Crippen molar-refractivity contribution in [3.8, 4) is 0 Å². The average Bonchev–Trinajstić information content (AvgIpc) is 2.97. The maximum absolute atomic E-state index is 12.0. The number of carbonyl (C=O) groups excluding carboxylic acids is 2. The third-order valence-corrected chi connectivity index (χ3v) is 7.90. The fraction of sp³-hybridized carbons (Fsp3) is 0.0667. The van der Waals surface area contributed by atoms with Gasteiger partial charge in [-0.15, -0.1) is 10.2 Å². The van der Waals surface area contributed by atoms with Gasteiger partial charge in [-0.2, -0.15) is 0 Å². The molecule has 256 valence electrons. The Morgan fingerprint density at radius 2 is 0.917 bits per heavy atom. The number of hydrogen-bond donors (Lipinski definition) is 2. The van der Waals surface area contributed by atoms with Gasteiger partial charge in [-0.05, 0) is 67.4 Å². The number of nitrogens with one attached hydrogen (secondary N) is 2. The van der Waals surface area contributed by atoms with Gasteiger partial charge in [0.05, 0.1) is 0 Å². The molecule has 18 heteroatoms. The van der Waals surface area contributed by atoms with Crippen molar-refractivity contribution in [3.63, 3.8) is 0 Å². The van der Waals surface area contributed by atoms with Crippen LogP contribution < -0.4 is 10.9 Å². The van der Waals surface area contributed by atoms with Crippen LogP contribution in [0, 0.1) is 13.8 Å². The Bertz CT molecular complexity index is 1800. The van der Waals surface area contributed by atoms with E-state index in [2.05, 4.69) is 84.8 Å². The van der Waals surface area contributed by atoms with E-state index in [4.69, 9.17) is 79.4 Å². The first-order chi connectivity index (χ1) is 22.2. The van der Waals surface area contributed by atoms with Crippen molar-refractivity contribution in [2.45, 2.75) is 13.8 Å². The predicted molar refractivity (Wildman–Crippen MR) is 222 cm³/mol. The zero-order valence-corrected chi connectivity index (χ0v) is 36.9. The van der Waals surface area contributed by atoms with E-state index < -0.39 is 3.37 Å². The molecule has 0 aromatic heterocycles. The molecule has 2 N–H and O–H groups in total. The van der Waals surface area contributed by atoms with Gasteiger partial charge in [0.15, 0.2) is 10.3 Å². The van der Waals surface area contributed by atoms with Crippen LogP contribution in [0.25, 0.3) is 0 Å². The van der Waals surface area contributed by atoms with Crippen LogP contribution in [-0.2, 0) is 0 Å². The Balaban J connectivity index is 0.000000286. The molecule has 0 saturated carbocycles. The first-order valence-electron chi connectivity index (χ1n) is 12.9. The number of carbonyl (C=O) groups is 2. The van der Waals surface area contributed by atoms with Gasteiger partial charge in [0, 0.05) is 40.1 Å². The molecule has 0 fully saturated rings. The molecule has 2 amide bonds. The second-order valence-corrected chi connectivity index (χ2v) is 30.3. The number of amides is 2. The molecule has 4 aromatic carbocycles. The van der Waals surface area contributed by atoms with Crippen molar-refractivity contribution in [2.24, 2.45) is 10.2 Å². The number of rotatable bonds is 5. The van der Waals surface area contributed by atoms with Crippen LogP contribution in [0.2, 0.25) is 0 Å². The minimum absolute atomic E-state index is 0.267. The molecule has 0 bridgehead atoms. The van der Waals surface area contributed by atoms with Crippen molar-refractivity contribution >= 4 is 169 Å². The number of hydrazine groups is 1. The third kappa shape index (κ3) is 17.7. The standard InChI is InChI=1S/C15H10Br2Cl2N2.C15H12Br2N2O2.Cl5P/c1-9-4-2-3-5-13(9)15(19)21-20-14(18)10-6-11(16)8-12(17)7-10;1-9-4-2-3-5-13(9)15(21)19-18-14(20)10-6-11(16)8-12(17)7-10;1-6(2,3,4)5/h2-8H,1H3;2-8H,1H3,(H,18,20)(H,19,21);/b20-14-,21-15-;;. The molecule has 4 aromatic rings. The molecule has 6 nitrogen and oxygen atoms in total. The van der Waals surface area contributed by atoms with Gasteiger partial charge in [0.2, 0.25) is 0 Å². The molecule has 0 aliphatic carbocycles. The topological polar surface area (TPSA) is 82.9 Å². The molecule has 0 radical (unpaired) electrons. The van der Waals surface area contributed by atoms with Gasteiger partial charge < -0.3 is 0 Å². The van der Waals surface area contributed by atoms with Gasteiger partial charge in [-0.1, -0.05) is 129 Å². The molecular formula is C30H22Br4Cl7N4O2P. The SMILES string of the molecule is Cc1ccccc1/C(Cl)=N/N=C(\Cl)c1cc(Br)cc(Br)c1.Cc1ccccc1C(=O)NNC(=O)c1cc(Br)cc(Br)c1.ClP(Cl)(Cl)(Cl)Cl. The second-order valence-electron chi connectivity index (χ2n) is 9.27. The summed E-state index contributed by atoms with van der Waals surface area (Å²) in [6.45, 7) is 3.80. The monoisotopic (exact) mass is 1060 g/mol. The summed E-state index contributed by atoms with van der Waals surface area (Å²) in [6, 6.07) is 25.6. The Morgan fingerprint density at radius 3 is 1.35 bits per heavy atom. The van der Waals surface area contributed by atoms with Crippen molar-refractivity contribution in [3.05, 3.63) is 136 Å². The molecule has 0 heterocycles. The molecule has 0 unspecified atom stereocenters. The molecule has 48 heavy (non-hydrogen) atoms. The van der Waals surface area contributed by atoms with Crippen LogP contribution in [0.5, 0.6) is 0 Å². The van der Waals surface area contributed by atoms with Crippen LogP contribution in [0.3, 0.4) is 0 Å². The van der Waals surface area contributed by atoms with E-state index in [0.29, 0.717) is 16.3 Å². The van der Waals surface area contributed by atoms with Gasteiger partial charge in [-0.25, -0.2) is 0 Å². The average molecular weight is 1070 g/mol. The van der Waals surface area contributed by atoms with E-state index in [0.717, 1.165) is 40.1 Å². The van der Waals surface area contributed by atoms with Gasteiger partial charge in [0.1, 0.15) is 0 Å². The van der Waals surface area contributed by atoms with E-state index >= 15 is 0 Å². The molecule has 4 rings (SSSR count). The first kappa shape index (κ1) is 43.7. The van der Waals surface area contributed by atoms with Gasteiger partial charge >= 0.3 is 59.6 Å². The zero-order valence-electron chi connectivity index (χ0n) is 24.4. The summed E-state index contributed by atoms with van der Waals surface area (Å²) in [5.41, 5.74) is 9.21. The van der Waals surface area contributed by atoms with Crippen molar-refractivity contribution in [1.82, 2.24) is 10.9 Å². The van der Waals surface area contributed by atoms with Gasteiger partial charge in [-0.3, -0.25) is 20.4 Å². The van der Waals surface area contributed by atoms with Crippen molar-refractivity contribution in [1.29, 1.82) is 0 Å². The van der Waals surface area contributed by atoms with Crippen LogP contribution in [0.4, 0.5) is 0 Å². The normalized spacial score (nSPS) is 12.3. The predicted octanol–water partition coefficient (Wildman–Crippen LogP) is 14.0. The van der Waals surface area contributed by atoms with E-state index in [-0.39, 0.29) is 17.0 Å². The van der Waals surface area contributed by atoms with Crippen molar-refractivity contribution in [2.75, 3.05) is 0 Å². The summed E-state index contributed by atoms with van der Waals surface area (Å²) in [4.78, 5) is 24.0. The summed E-state index contributed by atoms with van der Waals surface area (Å²) in [7, 11) is 0. The van der Waals surface area contributed by atoms with Crippen molar-refractivity contribution < 1.29 is 9.59 Å². The Kier molecular flexibility index (Phi) is 18.2. The first-order valence-corrected chi connectivity index (χ1v) is 23.6. The van der Waals surface area contributed by atoms with E-state index in [1.54, 1.807) is 24.3 Å². The zero-order chi connectivity index (χ0) is 36.3. The van der Waals surface area contributed by atoms with E-state index in [1.165, 1.54) is 0 Å². The van der Waals surface area contributed by atoms with Crippen LogP contribution in [-0.4, -0.2) is 22.2 Å². The number of aryl methyl sites for hydroxylation is 2. The number of benzene rings is 4. The number of halogens is 11. The number of hydrogen-bond acceptors (Lipinski definition) is 4. The molecule has 0 aliphatic heterocycles. The van der Waals surface area contributed by atoms with E-state index in [1.807, 2.05) is 74.5 Å². The summed E-state index contributed by atoms with van der Waals surface area (Å²) >= 11 is 50.6. The molecular weight excluding hydrogens is 1050 g/mol. The van der Waals surface area contributed by atoms with E-state index in [9.17, 15) is 9.59 Å². The molecule has 0 atom stereocenters. The Morgan fingerprint density at radius 1 is 0.562 bits per heavy atom. The summed E-state index contributed by atoms with van der Waals surface area (Å²) in [6.07, 6.45) is 0. The summed E-state index contributed by atoms with van der Waals surface area (Å²) < 4.78 is -0.353. The minimum atomic E-state index is -3.69. The van der Waals surface area contributed by atoms with Crippen LogP contribution in [0.15, 0.2) is 113 Å². The third-order valence-electron chi connectivity index (χ3n) is 5.50. The number of nitrogens with zero attached hydrogens (tertiary/aromatic N) is 2. The summed E-state index contributed by atoms with van der Waals surface area (Å²) in [5, 5.41) is 8.56. The Hall–Kier alpha value is -0.460. The van der Waals surface area contributed by atoms with Crippen LogP contribution >= 0.6 is 146 Å². The molecule has 0 aliphatic rings. The Labute approximate surface area is 345 Å².